The van der Waals surface area contributed by atoms with E-state index < -0.39 is 0 Å². The van der Waals surface area contributed by atoms with Gasteiger partial charge in [-0.1, -0.05) is 18.2 Å². The number of carbonyl (C=O) groups excluding carboxylic acids is 1. The van der Waals surface area contributed by atoms with Crippen LogP contribution in [0, 0.1) is 11.3 Å². The van der Waals surface area contributed by atoms with E-state index >= 15 is 0 Å². The van der Waals surface area contributed by atoms with Gasteiger partial charge in [0.1, 0.15) is 11.8 Å². The van der Waals surface area contributed by atoms with Crippen LogP contribution >= 0.6 is 0 Å². The Morgan fingerprint density at radius 3 is 2.79 bits per heavy atom. The summed E-state index contributed by atoms with van der Waals surface area (Å²) in [5.41, 5.74) is 0.426. The number of nitriles is 1. The first-order chi connectivity index (χ1) is 9.10. The van der Waals surface area contributed by atoms with Crippen molar-refractivity contribution in [1.29, 1.82) is 5.26 Å². The molecule has 0 bridgehead atoms. The fourth-order valence-corrected chi connectivity index (χ4v) is 1.65. The molecule has 0 saturated carbocycles. The first-order valence-corrected chi connectivity index (χ1v) is 6.12. The molecule has 0 aliphatic heterocycles. The van der Waals surface area contributed by atoms with Crippen molar-refractivity contribution in [3.63, 3.8) is 0 Å². The molecule has 1 rings (SSSR count). The normalized spacial score (nSPS) is 9.79. The van der Waals surface area contributed by atoms with Crippen LogP contribution in [-0.4, -0.2) is 30.0 Å². The Morgan fingerprint density at radius 1 is 1.53 bits per heavy atom. The van der Waals surface area contributed by atoms with Gasteiger partial charge in [-0.25, -0.2) is 0 Å². The zero-order chi connectivity index (χ0) is 14.3. The number of ether oxygens (including phenoxy) is 1. The number of rotatable bonds is 6. The topological polar surface area (TPSA) is 53.3 Å². The maximum absolute atomic E-state index is 12.0. The van der Waals surface area contributed by atoms with Crippen LogP contribution in [0.25, 0.3) is 0 Å². The smallest absolute Gasteiger partial charge is 0.261 e. The van der Waals surface area contributed by atoms with E-state index in [1.54, 1.807) is 35.2 Å². The van der Waals surface area contributed by atoms with Gasteiger partial charge < -0.3 is 9.64 Å². The molecule has 0 spiro atoms. The van der Waals surface area contributed by atoms with Crippen LogP contribution in [0.2, 0.25) is 0 Å². The van der Waals surface area contributed by atoms with Crippen LogP contribution in [0.15, 0.2) is 36.9 Å². The Labute approximate surface area is 113 Å². The second-order valence-corrected chi connectivity index (χ2v) is 4.33. The SMILES string of the molecule is C=CCN(C(=O)COc1ccccc1C#N)C(C)C. The minimum absolute atomic E-state index is 0.0787. The van der Waals surface area contributed by atoms with Gasteiger partial charge in [0.2, 0.25) is 0 Å². The zero-order valence-electron chi connectivity index (χ0n) is 11.3. The van der Waals surface area contributed by atoms with Crippen molar-refractivity contribution in [2.75, 3.05) is 13.2 Å². The number of hydrogen-bond acceptors (Lipinski definition) is 3. The first-order valence-electron chi connectivity index (χ1n) is 6.12. The van der Waals surface area contributed by atoms with Crippen molar-refractivity contribution >= 4 is 5.91 Å². The van der Waals surface area contributed by atoms with Crippen LogP contribution in [0.4, 0.5) is 0 Å². The summed E-state index contributed by atoms with van der Waals surface area (Å²) in [4.78, 5) is 13.7. The van der Waals surface area contributed by atoms with Gasteiger partial charge in [0.15, 0.2) is 6.61 Å². The quantitative estimate of drug-likeness (QED) is 0.736. The highest BCUT2D eigenvalue weighted by Gasteiger charge is 2.16. The maximum atomic E-state index is 12.0. The number of para-hydroxylation sites is 1. The van der Waals surface area contributed by atoms with Crippen molar-refractivity contribution in [2.24, 2.45) is 0 Å². The lowest BCUT2D eigenvalue weighted by molar-refractivity contribution is -0.134. The summed E-state index contributed by atoms with van der Waals surface area (Å²) in [6.45, 7) is 7.91. The van der Waals surface area contributed by atoms with Gasteiger partial charge in [0.25, 0.3) is 5.91 Å². The second-order valence-electron chi connectivity index (χ2n) is 4.33. The number of nitrogens with zero attached hydrogens (tertiary/aromatic N) is 2. The predicted molar refractivity (Wildman–Crippen MR) is 73.7 cm³/mol. The lowest BCUT2D eigenvalue weighted by Gasteiger charge is -2.25. The van der Waals surface area contributed by atoms with Crippen LogP contribution in [0.3, 0.4) is 0 Å². The van der Waals surface area contributed by atoms with E-state index in [1.165, 1.54) is 0 Å². The monoisotopic (exact) mass is 258 g/mol. The molecule has 100 valence electrons. The molecule has 0 saturated heterocycles. The van der Waals surface area contributed by atoms with Crippen molar-refractivity contribution in [1.82, 2.24) is 4.90 Å². The Balaban J connectivity index is 2.68. The number of amides is 1. The van der Waals surface area contributed by atoms with E-state index in [2.05, 4.69) is 6.58 Å². The fourth-order valence-electron chi connectivity index (χ4n) is 1.65. The third-order valence-electron chi connectivity index (χ3n) is 2.63. The van der Waals surface area contributed by atoms with Gasteiger partial charge in [-0.15, -0.1) is 6.58 Å². The lowest BCUT2D eigenvalue weighted by Crippen LogP contribution is -2.40. The van der Waals surface area contributed by atoms with Gasteiger partial charge in [0, 0.05) is 12.6 Å². The molecule has 0 aliphatic rings. The highest BCUT2D eigenvalue weighted by Crippen LogP contribution is 2.16. The van der Waals surface area contributed by atoms with Gasteiger partial charge in [-0.2, -0.15) is 5.26 Å². The van der Waals surface area contributed by atoms with Crippen LogP contribution in [0.5, 0.6) is 5.75 Å². The Morgan fingerprint density at radius 2 is 2.21 bits per heavy atom. The third-order valence-corrected chi connectivity index (χ3v) is 2.63. The van der Waals surface area contributed by atoms with Crippen molar-refractivity contribution < 1.29 is 9.53 Å². The summed E-state index contributed by atoms with van der Waals surface area (Å²) in [5, 5.41) is 8.93. The molecule has 0 heterocycles. The molecule has 0 N–H and O–H groups in total. The number of carbonyl (C=O) groups is 1. The van der Waals surface area contributed by atoms with Crippen molar-refractivity contribution in [3.8, 4) is 11.8 Å². The Kier molecular flexibility index (Phi) is 5.62. The summed E-state index contributed by atoms with van der Waals surface area (Å²) >= 11 is 0. The van der Waals surface area contributed by atoms with E-state index in [0.29, 0.717) is 17.9 Å². The molecule has 0 aliphatic carbocycles. The largest absolute Gasteiger partial charge is 0.482 e. The number of hydrogen-bond donors (Lipinski definition) is 0. The zero-order valence-corrected chi connectivity index (χ0v) is 11.3. The third kappa shape index (κ3) is 4.14. The minimum Gasteiger partial charge on any atom is -0.482 e. The van der Waals surface area contributed by atoms with E-state index in [-0.39, 0.29) is 18.6 Å². The standard InChI is InChI=1S/C15H18N2O2/c1-4-9-17(12(2)3)15(18)11-19-14-8-6-5-7-13(14)10-16/h4-8,12H,1,9,11H2,2-3H3. The average molecular weight is 258 g/mol. The van der Waals surface area contributed by atoms with E-state index in [0.717, 1.165) is 0 Å². The Bertz CT molecular complexity index is 489. The molecule has 19 heavy (non-hydrogen) atoms. The molecule has 1 aromatic carbocycles. The van der Waals surface area contributed by atoms with Gasteiger partial charge >= 0.3 is 0 Å². The molecule has 0 aromatic heterocycles. The van der Waals surface area contributed by atoms with E-state index in [9.17, 15) is 4.79 Å². The molecule has 0 radical (unpaired) electrons. The molecule has 1 aromatic rings. The number of benzene rings is 1. The highest BCUT2D eigenvalue weighted by molar-refractivity contribution is 5.78. The van der Waals surface area contributed by atoms with Crippen molar-refractivity contribution in [2.45, 2.75) is 19.9 Å². The summed E-state index contributed by atoms with van der Waals surface area (Å²) in [7, 11) is 0. The summed E-state index contributed by atoms with van der Waals surface area (Å²) < 4.78 is 5.42. The van der Waals surface area contributed by atoms with E-state index in [4.69, 9.17) is 10.00 Å². The Hall–Kier alpha value is -2.28. The second kappa shape index (κ2) is 7.22. The minimum atomic E-state index is -0.123. The molecular formula is C15H18N2O2. The fraction of sp³-hybridized carbons (Fsp3) is 0.333. The van der Waals surface area contributed by atoms with Crippen LogP contribution in [0.1, 0.15) is 19.4 Å². The van der Waals surface area contributed by atoms with Gasteiger partial charge in [0.05, 0.1) is 5.56 Å². The molecule has 4 nitrogen and oxygen atoms in total. The van der Waals surface area contributed by atoms with Crippen molar-refractivity contribution in [3.05, 3.63) is 42.5 Å². The van der Waals surface area contributed by atoms with Gasteiger partial charge in [-0.05, 0) is 26.0 Å². The average Bonchev–Trinajstić information content (AvgIpc) is 2.42. The molecular weight excluding hydrogens is 240 g/mol. The summed E-state index contributed by atoms with van der Waals surface area (Å²) in [6, 6.07) is 8.97. The van der Waals surface area contributed by atoms with Crippen LogP contribution < -0.4 is 4.74 Å². The predicted octanol–water partition coefficient (Wildman–Crippen LogP) is 2.36. The van der Waals surface area contributed by atoms with E-state index in [1.807, 2.05) is 19.9 Å². The van der Waals surface area contributed by atoms with Crippen LogP contribution in [-0.2, 0) is 4.79 Å². The maximum Gasteiger partial charge on any atom is 0.261 e. The first kappa shape index (κ1) is 14.8. The molecule has 0 atom stereocenters. The summed E-state index contributed by atoms with van der Waals surface area (Å²) in [6.07, 6.45) is 1.68. The van der Waals surface area contributed by atoms with Gasteiger partial charge in [-0.3, -0.25) is 4.79 Å². The molecule has 1 amide bonds. The lowest BCUT2D eigenvalue weighted by atomic mass is 10.2. The molecule has 0 fully saturated rings. The molecule has 0 unspecified atom stereocenters. The molecule has 4 heteroatoms. The highest BCUT2D eigenvalue weighted by atomic mass is 16.5. The summed E-state index contributed by atoms with van der Waals surface area (Å²) in [5.74, 6) is 0.309.